The van der Waals surface area contributed by atoms with Gasteiger partial charge in [-0.3, -0.25) is 4.98 Å². The van der Waals surface area contributed by atoms with Crippen LogP contribution < -0.4 is 0 Å². The van der Waals surface area contributed by atoms with E-state index in [1.165, 1.54) is 16.2 Å². The largest absolute Gasteiger partial charge is 0.256 e. The molecule has 0 bridgehead atoms. The Morgan fingerprint density at radius 1 is 1.00 bits per heavy atom. The minimum Gasteiger partial charge on any atom is -0.256 e. The lowest BCUT2D eigenvalue weighted by Crippen LogP contribution is -1.80. The molecule has 0 N–H and O–H groups in total. The summed E-state index contributed by atoms with van der Waals surface area (Å²) in [6.07, 6.45) is 1.91. The van der Waals surface area contributed by atoms with E-state index in [1.807, 2.05) is 42.6 Å². The summed E-state index contributed by atoms with van der Waals surface area (Å²) < 4.78 is 0. The molecule has 0 aliphatic rings. The first-order chi connectivity index (χ1) is 6.95. The highest BCUT2D eigenvalue weighted by Crippen LogP contribution is 2.22. The standard InChI is InChI=1S/C13H8N/c1-2-6-11-10(5-1)9-14-13-8-4-3-7-12(11)13/h1,3-9H. The van der Waals surface area contributed by atoms with E-state index in [0.29, 0.717) is 0 Å². The number of hydrogen-bond acceptors (Lipinski definition) is 1. The third-order valence-electron chi connectivity index (χ3n) is 2.43. The fourth-order valence-electron chi connectivity index (χ4n) is 1.74. The van der Waals surface area contributed by atoms with Gasteiger partial charge in [-0.25, -0.2) is 0 Å². The summed E-state index contributed by atoms with van der Waals surface area (Å²) in [6, 6.07) is 17.2. The molecule has 0 saturated heterocycles. The van der Waals surface area contributed by atoms with Gasteiger partial charge in [0.2, 0.25) is 0 Å². The van der Waals surface area contributed by atoms with Crippen molar-refractivity contribution in [3.8, 4) is 0 Å². The molecule has 3 aromatic rings. The van der Waals surface area contributed by atoms with E-state index < -0.39 is 0 Å². The molecule has 0 atom stereocenters. The average molecular weight is 178 g/mol. The highest BCUT2D eigenvalue weighted by molar-refractivity contribution is 6.05. The van der Waals surface area contributed by atoms with Crippen LogP contribution in [0, 0.1) is 6.07 Å². The molecule has 1 nitrogen and oxygen atoms in total. The fourth-order valence-corrected chi connectivity index (χ4v) is 1.74. The van der Waals surface area contributed by atoms with Crippen molar-refractivity contribution in [1.82, 2.24) is 4.98 Å². The Labute approximate surface area is 82.0 Å². The normalized spacial score (nSPS) is 10.9. The molecule has 0 unspecified atom stereocenters. The van der Waals surface area contributed by atoms with Gasteiger partial charge in [0, 0.05) is 17.0 Å². The SMILES string of the molecule is [c]1ccc2cnc3ccccc3c2c1. The zero-order chi connectivity index (χ0) is 9.38. The zero-order valence-corrected chi connectivity index (χ0v) is 7.57. The van der Waals surface area contributed by atoms with Crippen molar-refractivity contribution in [1.29, 1.82) is 0 Å². The van der Waals surface area contributed by atoms with Gasteiger partial charge < -0.3 is 0 Å². The number of rotatable bonds is 0. The van der Waals surface area contributed by atoms with E-state index in [0.717, 1.165) is 5.52 Å². The molecule has 1 heterocycles. The van der Waals surface area contributed by atoms with Crippen LogP contribution in [0.5, 0.6) is 0 Å². The Morgan fingerprint density at radius 2 is 1.93 bits per heavy atom. The molecule has 0 fully saturated rings. The molecule has 0 saturated carbocycles. The molecule has 14 heavy (non-hydrogen) atoms. The second kappa shape index (κ2) is 2.81. The highest BCUT2D eigenvalue weighted by atomic mass is 14.6. The Kier molecular flexibility index (Phi) is 1.51. The summed E-state index contributed by atoms with van der Waals surface area (Å²) in [5.41, 5.74) is 1.04. The van der Waals surface area contributed by atoms with Crippen LogP contribution in [0.3, 0.4) is 0 Å². The van der Waals surface area contributed by atoms with Gasteiger partial charge in [0.05, 0.1) is 5.52 Å². The Bertz CT molecular complexity index is 544. The number of para-hydroxylation sites is 1. The van der Waals surface area contributed by atoms with E-state index in [9.17, 15) is 0 Å². The lowest BCUT2D eigenvalue weighted by molar-refractivity contribution is 1.44. The van der Waals surface area contributed by atoms with Gasteiger partial charge >= 0.3 is 0 Å². The number of nitrogens with zero attached hydrogens (tertiary/aromatic N) is 1. The summed E-state index contributed by atoms with van der Waals surface area (Å²) >= 11 is 0. The maximum atomic E-state index is 4.40. The molecule has 1 aromatic heterocycles. The number of benzene rings is 2. The number of fused-ring (bicyclic) bond motifs is 3. The van der Waals surface area contributed by atoms with Crippen molar-refractivity contribution in [2.45, 2.75) is 0 Å². The topological polar surface area (TPSA) is 12.9 Å². The predicted octanol–water partition coefficient (Wildman–Crippen LogP) is 3.19. The molecular formula is C13H8N. The first-order valence-electron chi connectivity index (χ1n) is 4.59. The molecule has 1 radical (unpaired) electrons. The van der Waals surface area contributed by atoms with Crippen molar-refractivity contribution in [2.24, 2.45) is 0 Å². The monoisotopic (exact) mass is 178 g/mol. The number of pyridine rings is 1. The van der Waals surface area contributed by atoms with Gasteiger partial charge in [0.25, 0.3) is 0 Å². The Morgan fingerprint density at radius 3 is 2.93 bits per heavy atom. The molecule has 65 valence electrons. The van der Waals surface area contributed by atoms with E-state index in [-0.39, 0.29) is 0 Å². The van der Waals surface area contributed by atoms with Crippen LogP contribution >= 0.6 is 0 Å². The van der Waals surface area contributed by atoms with E-state index in [2.05, 4.69) is 17.1 Å². The van der Waals surface area contributed by atoms with E-state index in [4.69, 9.17) is 0 Å². The first kappa shape index (κ1) is 7.51. The quantitative estimate of drug-likeness (QED) is 0.482. The predicted molar refractivity (Wildman–Crippen MR) is 58.1 cm³/mol. The van der Waals surface area contributed by atoms with E-state index >= 15 is 0 Å². The van der Waals surface area contributed by atoms with Crippen molar-refractivity contribution in [3.63, 3.8) is 0 Å². The fraction of sp³-hybridized carbons (Fsp3) is 0. The summed E-state index contributed by atoms with van der Waals surface area (Å²) in [7, 11) is 0. The van der Waals surface area contributed by atoms with Gasteiger partial charge in [-0.15, -0.1) is 0 Å². The smallest absolute Gasteiger partial charge is 0.0708 e. The molecule has 0 aliphatic heterocycles. The van der Waals surface area contributed by atoms with Crippen molar-refractivity contribution in [2.75, 3.05) is 0 Å². The molecule has 3 rings (SSSR count). The third kappa shape index (κ3) is 0.990. The minimum absolute atomic E-state index is 1.04. The van der Waals surface area contributed by atoms with E-state index in [1.54, 1.807) is 0 Å². The van der Waals surface area contributed by atoms with Crippen LogP contribution in [0.2, 0.25) is 0 Å². The van der Waals surface area contributed by atoms with Gasteiger partial charge in [0.1, 0.15) is 0 Å². The van der Waals surface area contributed by atoms with Gasteiger partial charge in [-0.1, -0.05) is 30.3 Å². The Hall–Kier alpha value is -1.89. The zero-order valence-electron chi connectivity index (χ0n) is 7.57. The lowest BCUT2D eigenvalue weighted by Gasteiger charge is -2.01. The van der Waals surface area contributed by atoms with Crippen LogP contribution in [0.4, 0.5) is 0 Å². The summed E-state index contributed by atoms with van der Waals surface area (Å²) in [4.78, 5) is 4.40. The average Bonchev–Trinajstić information content (AvgIpc) is 2.29. The van der Waals surface area contributed by atoms with Gasteiger partial charge in [-0.05, 0) is 23.6 Å². The maximum Gasteiger partial charge on any atom is 0.0708 e. The Balaban J connectivity index is 2.61. The highest BCUT2D eigenvalue weighted by Gasteiger charge is 1.98. The number of aromatic nitrogens is 1. The summed E-state index contributed by atoms with van der Waals surface area (Å²) in [5.74, 6) is 0. The second-order valence-electron chi connectivity index (χ2n) is 3.29. The number of hydrogen-bond donors (Lipinski definition) is 0. The van der Waals surface area contributed by atoms with Crippen LogP contribution in [-0.2, 0) is 0 Å². The van der Waals surface area contributed by atoms with Crippen molar-refractivity contribution in [3.05, 3.63) is 54.7 Å². The van der Waals surface area contributed by atoms with Crippen LogP contribution in [-0.4, -0.2) is 4.98 Å². The minimum atomic E-state index is 1.04. The van der Waals surface area contributed by atoms with Crippen molar-refractivity contribution >= 4 is 21.7 Å². The molecule has 0 amide bonds. The van der Waals surface area contributed by atoms with Gasteiger partial charge in [0.15, 0.2) is 0 Å². The summed E-state index contributed by atoms with van der Waals surface area (Å²) in [6.45, 7) is 0. The molecule has 2 aromatic carbocycles. The van der Waals surface area contributed by atoms with Gasteiger partial charge in [-0.2, -0.15) is 0 Å². The van der Waals surface area contributed by atoms with Crippen LogP contribution in [0.1, 0.15) is 0 Å². The lowest BCUT2D eigenvalue weighted by atomic mass is 10.1. The maximum absolute atomic E-state index is 4.40. The molecule has 1 heteroatoms. The molecular weight excluding hydrogens is 170 g/mol. The molecule has 0 aliphatic carbocycles. The van der Waals surface area contributed by atoms with Crippen molar-refractivity contribution < 1.29 is 0 Å². The summed E-state index contributed by atoms with van der Waals surface area (Å²) in [5, 5.41) is 3.59. The van der Waals surface area contributed by atoms with Crippen LogP contribution in [0.25, 0.3) is 21.7 Å². The van der Waals surface area contributed by atoms with Crippen LogP contribution in [0.15, 0.2) is 48.7 Å². The molecule has 0 spiro atoms. The third-order valence-corrected chi connectivity index (χ3v) is 2.43. The first-order valence-corrected chi connectivity index (χ1v) is 4.59. The second-order valence-corrected chi connectivity index (χ2v) is 3.29.